The summed E-state index contributed by atoms with van der Waals surface area (Å²) in [5.41, 5.74) is 8.11. The summed E-state index contributed by atoms with van der Waals surface area (Å²) < 4.78 is 1.34. The zero-order chi connectivity index (χ0) is 12.3. The summed E-state index contributed by atoms with van der Waals surface area (Å²) in [6.07, 6.45) is 0. The Bertz CT molecular complexity index is 426. The molecule has 0 aromatic carbocycles. The van der Waals surface area contributed by atoms with Crippen molar-refractivity contribution in [2.24, 2.45) is 12.8 Å². The van der Waals surface area contributed by atoms with Crippen LogP contribution in [-0.4, -0.2) is 33.4 Å². The summed E-state index contributed by atoms with van der Waals surface area (Å²) in [5, 5.41) is 12.3. The highest BCUT2D eigenvalue weighted by atomic mass is 16.7. The standard InChI is InChI=1S/C8H12N4O4/c1-4-6(7(9)15)8(12(2)10-4)11-16-3-5(13)14/h11H,3H2,1-2H3,(H2,9,15)(H,13,14). The maximum atomic E-state index is 11.1. The van der Waals surface area contributed by atoms with Crippen LogP contribution in [0.25, 0.3) is 0 Å². The molecule has 1 aromatic heterocycles. The third kappa shape index (κ3) is 2.48. The molecule has 8 nitrogen and oxygen atoms in total. The van der Waals surface area contributed by atoms with Gasteiger partial charge in [-0.15, -0.1) is 0 Å². The topological polar surface area (TPSA) is 119 Å². The number of carbonyl (C=O) groups excluding carboxylic acids is 1. The summed E-state index contributed by atoms with van der Waals surface area (Å²) in [4.78, 5) is 26.0. The Hall–Kier alpha value is -2.09. The van der Waals surface area contributed by atoms with E-state index in [4.69, 9.17) is 10.8 Å². The molecule has 1 rings (SSSR count). The van der Waals surface area contributed by atoms with Crippen LogP contribution in [0.2, 0.25) is 0 Å². The number of nitrogens with two attached hydrogens (primary N) is 1. The number of rotatable bonds is 5. The van der Waals surface area contributed by atoms with Gasteiger partial charge < -0.3 is 10.8 Å². The van der Waals surface area contributed by atoms with Crippen LogP contribution in [-0.2, 0) is 16.7 Å². The summed E-state index contributed by atoms with van der Waals surface area (Å²) >= 11 is 0. The minimum absolute atomic E-state index is 0.174. The number of aliphatic carboxylic acids is 1. The third-order valence-electron chi connectivity index (χ3n) is 1.83. The molecule has 0 fully saturated rings. The Morgan fingerprint density at radius 2 is 2.25 bits per heavy atom. The number of nitrogens with one attached hydrogen (secondary N) is 1. The normalized spacial score (nSPS) is 10.1. The lowest BCUT2D eigenvalue weighted by atomic mass is 10.2. The van der Waals surface area contributed by atoms with Crippen LogP contribution in [0.1, 0.15) is 16.1 Å². The number of amides is 1. The van der Waals surface area contributed by atoms with Crippen molar-refractivity contribution in [3.05, 3.63) is 11.3 Å². The number of carboxylic acid groups (broad SMARTS) is 1. The first-order valence-electron chi connectivity index (χ1n) is 4.36. The predicted octanol–water partition coefficient (Wildman–Crippen LogP) is -0.744. The molecular formula is C8H12N4O4. The van der Waals surface area contributed by atoms with E-state index in [1.54, 1.807) is 14.0 Å². The molecule has 4 N–H and O–H groups in total. The first-order chi connectivity index (χ1) is 7.43. The number of hydrogen-bond acceptors (Lipinski definition) is 5. The third-order valence-corrected chi connectivity index (χ3v) is 1.83. The molecule has 1 aromatic rings. The van der Waals surface area contributed by atoms with Crippen LogP contribution >= 0.6 is 0 Å². The van der Waals surface area contributed by atoms with E-state index in [1.807, 2.05) is 0 Å². The van der Waals surface area contributed by atoms with E-state index in [-0.39, 0.29) is 11.4 Å². The first kappa shape index (κ1) is 12.0. The summed E-state index contributed by atoms with van der Waals surface area (Å²) in [6.45, 7) is 1.07. The van der Waals surface area contributed by atoms with Gasteiger partial charge in [0.15, 0.2) is 12.4 Å². The Morgan fingerprint density at radius 3 is 2.75 bits per heavy atom. The van der Waals surface area contributed by atoms with E-state index in [1.165, 1.54) is 4.68 Å². The number of carbonyl (C=O) groups is 2. The summed E-state index contributed by atoms with van der Waals surface area (Å²) in [7, 11) is 1.58. The molecule has 0 unspecified atom stereocenters. The zero-order valence-electron chi connectivity index (χ0n) is 8.85. The Morgan fingerprint density at radius 1 is 1.62 bits per heavy atom. The lowest BCUT2D eigenvalue weighted by molar-refractivity contribution is -0.141. The minimum atomic E-state index is -1.13. The SMILES string of the molecule is Cc1nn(C)c(NOCC(=O)O)c1C(N)=O. The van der Waals surface area contributed by atoms with Gasteiger partial charge in [-0.25, -0.2) is 10.3 Å². The molecule has 0 aliphatic carbocycles. The maximum absolute atomic E-state index is 11.1. The van der Waals surface area contributed by atoms with E-state index in [0.29, 0.717) is 5.69 Å². The summed E-state index contributed by atoms with van der Waals surface area (Å²) in [6, 6.07) is 0. The van der Waals surface area contributed by atoms with Gasteiger partial charge in [0.2, 0.25) is 0 Å². The van der Waals surface area contributed by atoms with Crippen molar-refractivity contribution in [2.75, 3.05) is 12.1 Å². The highest BCUT2D eigenvalue weighted by Crippen LogP contribution is 2.17. The molecule has 0 saturated carbocycles. The van der Waals surface area contributed by atoms with Crippen molar-refractivity contribution in [2.45, 2.75) is 6.92 Å². The molecule has 16 heavy (non-hydrogen) atoms. The van der Waals surface area contributed by atoms with Gasteiger partial charge in [0.25, 0.3) is 5.91 Å². The Labute approximate surface area is 90.9 Å². The van der Waals surface area contributed by atoms with E-state index < -0.39 is 18.5 Å². The van der Waals surface area contributed by atoms with Crippen molar-refractivity contribution in [1.82, 2.24) is 9.78 Å². The molecule has 0 radical (unpaired) electrons. The fourth-order valence-electron chi connectivity index (χ4n) is 1.24. The molecular weight excluding hydrogens is 216 g/mol. The number of nitrogens with zero attached hydrogens (tertiary/aromatic N) is 2. The molecule has 0 spiro atoms. The highest BCUT2D eigenvalue weighted by molar-refractivity contribution is 5.98. The fraction of sp³-hybridized carbons (Fsp3) is 0.375. The lowest BCUT2D eigenvalue weighted by Gasteiger charge is -2.06. The van der Waals surface area contributed by atoms with Crippen LogP contribution in [0.5, 0.6) is 0 Å². The number of carboxylic acids is 1. The van der Waals surface area contributed by atoms with Gasteiger partial charge in [-0.2, -0.15) is 5.10 Å². The smallest absolute Gasteiger partial charge is 0.332 e. The van der Waals surface area contributed by atoms with Gasteiger partial charge in [0.05, 0.1) is 5.69 Å². The molecule has 0 aliphatic rings. The van der Waals surface area contributed by atoms with E-state index in [0.717, 1.165) is 0 Å². The number of aromatic nitrogens is 2. The second kappa shape index (κ2) is 4.62. The van der Waals surface area contributed by atoms with Crippen LogP contribution in [0.15, 0.2) is 0 Å². The van der Waals surface area contributed by atoms with Gasteiger partial charge >= 0.3 is 5.97 Å². The second-order valence-electron chi connectivity index (χ2n) is 3.08. The fourth-order valence-corrected chi connectivity index (χ4v) is 1.24. The molecule has 0 atom stereocenters. The zero-order valence-corrected chi connectivity index (χ0v) is 8.85. The summed E-state index contributed by atoms with van der Waals surface area (Å²) in [5.74, 6) is -1.56. The number of primary amides is 1. The number of anilines is 1. The van der Waals surface area contributed by atoms with Crippen molar-refractivity contribution in [3.8, 4) is 0 Å². The Balaban J connectivity index is 2.86. The average Bonchev–Trinajstić information content (AvgIpc) is 2.40. The van der Waals surface area contributed by atoms with Crippen LogP contribution in [0.3, 0.4) is 0 Å². The van der Waals surface area contributed by atoms with Crippen molar-refractivity contribution < 1.29 is 19.5 Å². The maximum Gasteiger partial charge on any atom is 0.332 e. The molecule has 88 valence electrons. The molecule has 1 amide bonds. The molecule has 0 saturated heterocycles. The first-order valence-corrected chi connectivity index (χ1v) is 4.36. The van der Waals surface area contributed by atoms with Gasteiger partial charge in [-0.05, 0) is 6.92 Å². The van der Waals surface area contributed by atoms with Crippen LogP contribution in [0.4, 0.5) is 5.82 Å². The quantitative estimate of drug-likeness (QED) is 0.571. The predicted molar refractivity (Wildman–Crippen MR) is 53.7 cm³/mol. The molecule has 0 aliphatic heterocycles. The van der Waals surface area contributed by atoms with Crippen LogP contribution < -0.4 is 11.2 Å². The van der Waals surface area contributed by atoms with Gasteiger partial charge in [0.1, 0.15) is 5.56 Å². The largest absolute Gasteiger partial charge is 0.479 e. The molecule has 8 heteroatoms. The molecule has 0 bridgehead atoms. The number of hydrogen-bond donors (Lipinski definition) is 3. The second-order valence-corrected chi connectivity index (χ2v) is 3.08. The highest BCUT2D eigenvalue weighted by Gasteiger charge is 2.18. The molecule has 1 heterocycles. The Kier molecular flexibility index (Phi) is 3.46. The van der Waals surface area contributed by atoms with E-state index in [9.17, 15) is 9.59 Å². The number of aryl methyl sites for hydroxylation is 2. The van der Waals surface area contributed by atoms with E-state index in [2.05, 4.69) is 15.4 Å². The van der Waals surface area contributed by atoms with Gasteiger partial charge in [0, 0.05) is 7.05 Å². The lowest BCUT2D eigenvalue weighted by Crippen LogP contribution is -2.18. The van der Waals surface area contributed by atoms with Crippen molar-refractivity contribution >= 4 is 17.7 Å². The monoisotopic (exact) mass is 228 g/mol. The van der Waals surface area contributed by atoms with E-state index >= 15 is 0 Å². The average molecular weight is 228 g/mol. The minimum Gasteiger partial charge on any atom is -0.479 e. The van der Waals surface area contributed by atoms with Gasteiger partial charge in [-0.1, -0.05) is 0 Å². The van der Waals surface area contributed by atoms with Crippen molar-refractivity contribution in [3.63, 3.8) is 0 Å². The van der Waals surface area contributed by atoms with Crippen molar-refractivity contribution in [1.29, 1.82) is 0 Å². The van der Waals surface area contributed by atoms with Crippen LogP contribution in [0, 0.1) is 6.92 Å². The van der Waals surface area contributed by atoms with Gasteiger partial charge in [-0.3, -0.25) is 14.3 Å².